The van der Waals surface area contributed by atoms with Crippen LogP contribution in [0.4, 0.5) is 5.69 Å². The van der Waals surface area contributed by atoms with Crippen LogP contribution in [0.25, 0.3) is 0 Å². The molecule has 176 valence electrons. The van der Waals surface area contributed by atoms with Crippen molar-refractivity contribution in [1.82, 2.24) is 5.32 Å². The molecule has 0 spiro atoms. The molecule has 3 aromatic carbocycles. The lowest BCUT2D eigenvalue weighted by molar-refractivity contribution is -0.121. The molecule has 3 aromatic rings. The standard InChI is InChI=1S/C28H25N3O3S/c1-19-7-11-22(12-8-19)30-27(33)18-35-28-25(16-29)24(15-26(32)31-28)21-9-13-23(14-10-21)34-17-20-5-3-2-4-6-20/h2-14,24H,15,17-18H2,1H3,(H,30,33)(H,31,32)/t24-/m0/s1. The molecule has 0 aliphatic carbocycles. The second-order valence-electron chi connectivity index (χ2n) is 8.21. The fourth-order valence-electron chi connectivity index (χ4n) is 3.73. The van der Waals surface area contributed by atoms with E-state index in [0.717, 1.165) is 28.5 Å². The summed E-state index contributed by atoms with van der Waals surface area (Å²) in [6.07, 6.45) is 0.173. The summed E-state index contributed by atoms with van der Waals surface area (Å²) in [7, 11) is 0. The van der Waals surface area contributed by atoms with Crippen molar-refractivity contribution < 1.29 is 14.3 Å². The Morgan fingerprint density at radius 3 is 2.49 bits per heavy atom. The van der Waals surface area contributed by atoms with Crippen LogP contribution in [0.1, 0.15) is 29.0 Å². The van der Waals surface area contributed by atoms with E-state index in [0.29, 0.717) is 28.6 Å². The normalized spacial score (nSPS) is 15.2. The monoisotopic (exact) mass is 483 g/mol. The van der Waals surface area contributed by atoms with Gasteiger partial charge in [0.1, 0.15) is 12.4 Å². The molecule has 1 atom stereocenters. The lowest BCUT2D eigenvalue weighted by atomic mass is 9.87. The maximum atomic E-state index is 12.4. The molecule has 0 fully saturated rings. The van der Waals surface area contributed by atoms with Gasteiger partial charge in [0, 0.05) is 18.0 Å². The predicted octanol–water partition coefficient (Wildman–Crippen LogP) is 5.28. The second-order valence-corrected chi connectivity index (χ2v) is 9.19. The van der Waals surface area contributed by atoms with Crippen molar-refractivity contribution in [3.8, 4) is 11.8 Å². The Kier molecular flexibility index (Phi) is 7.86. The van der Waals surface area contributed by atoms with Gasteiger partial charge in [-0.15, -0.1) is 0 Å². The minimum Gasteiger partial charge on any atom is -0.489 e. The van der Waals surface area contributed by atoms with Crippen LogP contribution in [0.2, 0.25) is 0 Å². The number of hydrogen-bond acceptors (Lipinski definition) is 5. The first-order valence-electron chi connectivity index (χ1n) is 11.2. The third-order valence-corrected chi connectivity index (χ3v) is 6.59. The second kappa shape index (κ2) is 11.4. The number of nitrogens with zero attached hydrogens (tertiary/aromatic N) is 1. The van der Waals surface area contributed by atoms with Crippen LogP contribution in [0.15, 0.2) is 89.5 Å². The van der Waals surface area contributed by atoms with E-state index in [2.05, 4.69) is 16.7 Å². The average molecular weight is 484 g/mol. The molecule has 1 heterocycles. The molecule has 0 aromatic heterocycles. The highest BCUT2D eigenvalue weighted by molar-refractivity contribution is 8.03. The molecule has 1 aliphatic heterocycles. The number of thioether (sulfide) groups is 1. The van der Waals surface area contributed by atoms with Crippen LogP contribution in [-0.4, -0.2) is 17.6 Å². The summed E-state index contributed by atoms with van der Waals surface area (Å²) < 4.78 is 5.85. The number of benzene rings is 3. The fourth-order valence-corrected chi connectivity index (χ4v) is 4.60. The van der Waals surface area contributed by atoms with Crippen LogP contribution in [-0.2, 0) is 16.2 Å². The van der Waals surface area contributed by atoms with Gasteiger partial charge in [-0.05, 0) is 42.3 Å². The van der Waals surface area contributed by atoms with Gasteiger partial charge in [-0.1, -0.05) is 71.9 Å². The topological polar surface area (TPSA) is 91.2 Å². The van der Waals surface area contributed by atoms with Crippen LogP contribution < -0.4 is 15.4 Å². The molecule has 7 heteroatoms. The van der Waals surface area contributed by atoms with Gasteiger partial charge in [0.15, 0.2) is 0 Å². The van der Waals surface area contributed by atoms with Crippen molar-refractivity contribution in [2.24, 2.45) is 0 Å². The molecule has 0 unspecified atom stereocenters. The molecule has 0 saturated heterocycles. The molecule has 0 radical (unpaired) electrons. The maximum absolute atomic E-state index is 12.4. The van der Waals surface area contributed by atoms with E-state index in [1.165, 1.54) is 0 Å². The van der Waals surface area contributed by atoms with Gasteiger partial charge in [-0.25, -0.2) is 0 Å². The minimum atomic E-state index is -0.375. The lowest BCUT2D eigenvalue weighted by Gasteiger charge is -2.25. The molecule has 4 rings (SSSR count). The first-order valence-corrected chi connectivity index (χ1v) is 12.2. The number of aryl methyl sites for hydroxylation is 1. The molecular formula is C28H25N3O3S. The van der Waals surface area contributed by atoms with Crippen molar-refractivity contribution in [2.45, 2.75) is 25.9 Å². The largest absolute Gasteiger partial charge is 0.489 e. The maximum Gasteiger partial charge on any atom is 0.234 e. The van der Waals surface area contributed by atoms with Crippen LogP contribution in [0.5, 0.6) is 5.75 Å². The molecule has 6 nitrogen and oxygen atoms in total. The molecule has 2 N–H and O–H groups in total. The number of amides is 2. The van der Waals surface area contributed by atoms with Crippen molar-refractivity contribution in [2.75, 3.05) is 11.1 Å². The number of carbonyl (C=O) groups excluding carboxylic acids is 2. The molecule has 2 amide bonds. The van der Waals surface area contributed by atoms with Gasteiger partial charge in [-0.3, -0.25) is 9.59 Å². The Hall–Kier alpha value is -4.02. The summed E-state index contributed by atoms with van der Waals surface area (Å²) in [6, 6.07) is 27.1. The van der Waals surface area contributed by atoms with Gasteiger partial charge in [-0.2, -0.15) is 5.26 Å². The van der Waals surface area contributed by atoms with Gasteiger partial charge in [0.05, 0.1) is 22.4 Å². The molecule has 1 aliphatic rings. The Bertz CT molecular complexity index is 1260. The number of nitriles is 1. The fraction of sp³-hybridized carbons (Fsp3) is 0.179. The van der Waals surface area contributed by atoms with Crippen LogP contribution in [0, 0.1) is 18.3 Å². The molecular weight excluding hydrogens is 458 g/mol. The zero-order valence-corrected chi connectivity index (χ0v) is 20.1. The van der Waals surface area contributed by atoms with Crippen LogP contribution in [0.3, 0.4) is 0 Å². The number of ether oxygens (including phenoxy) is 1. The first kappa shape index (κ1) is 24.1. The van der Waals surface area contributed by atoms with Gasteiger partial charge < -0.3 is 15.4 Å². The van der Waals surface area contributed by atoms with Gasteiger partial charge >= 0.3 is 0 Å². The number of carbonyl (C=O) groups is 2. The third kappa shape index (κ3) is 6.52. The molecule has 0 bridgehead atoms. The van der Waals surface area contributed by atoms with Crippen LogP contribution >= 0.6 is 11.8 Å². The Morgan fingerprint density at radius 1 is 1.09 bits per heavy atom. The van der Waals surface area contributed by atoms with E-state index >= 15 is 0 Å². The zero-order valence-electron chi connectivity index (χ0n) is 19.3. The molecule has 35 heavy (non-hydrogen) atoms. The summed E-state index contributed by atoms with van der Waals surface area (Å²) in [5.41, 5.74) is 4.19. The Morgan fingerprint density at radius 2 is 1.80 bits per heavy atom. The van der Waals surface area contributed by atoms with Crippen molar-refractivity contribution in [1.29, 1.82) is 5.26 Å². The van der Waals surface area contributed by atoms with E-state index < -0.39 is 0 Å². The summed E-state index contributed by atoms with van der Waals surface area (Å²) >= 11 is 1.16. The number of anilines is 1. The first-order chi connectivity index (χ1) is 17.0. The Balaban J connectivity index is 1.42. The minimum absolute atomic E-state index is 0.0770. The number of nitrogens with one attached hydrogen (secondary N) is 2. The number of hydrogen-bond donors (Lipinski definition) is 2. The summed E-state index contributed by atoms with van der Waals surface area (Å²) in [5.74, 6) is 0.0234. The number of rotatable bonds is 8. The van der Waals surface area contributed by atoms with E-state index in [9.17, 15) is 14.9 Å². The van der Waals surface area contributed by atoms with Gasteiger partial charge in [0.2, 0.25) is 11.8 Å². The van der Waals surface area contributed by atoms with E-state index in [1.54, 1.807) is 0 Å². The van der Waals surface area contributed by atoms with Gasteiger partial charge in [0.25, 0.3) is 0 Å². The quantitative estimate of drug-likeness (QED) is 0.455. The summed E-state index contributed by atoms with van der Waals surface area (Å²) in [4.78, 5) is 24.8. The summed E-state index contributed by atoms with van der Waals surface area (Å²) in [6.45, 7) is 2.44. The van der Waals surface area contributed by atoms with E-state index in [1.807, 2.05) is 85.8 Å². The lowest BCUT2D eigenvalue weighted by Crippen LogP contribution is -2.31. The highest BCUT2D eigenvalue weighted by Crippen LogP contribution is 2.36. The third-order valence-electron chi connectivity index (χ3n) is 5.57. The smallest absolute Gasteiger partial charge is 0.234 e. The van der Waals surface area contributed by atoms with Crippen molar-refractivity contribution >= 4 is 29.3 Å². The zero-order chi connectivity index (χ0) is 24.6. The average Bonchev–Trinajstić information content (AvgIpc) is 2.88. The Labute approximate surface area is 209 Å². The molecule has 0 saturated carbocycles. The van der Waals surface area contributed by atoms with E-state index in [-0.39, 0.29) is 29.9 Å². The highest BCUT2D eigenvalue weighted by atomic mass is 32.2. The van der Waals surface area contributed by atoms with E-state index in [4.69, 9.17) is 4.74 Å². The van der Waals surface area contributed by atoms with Crippen molar-refractivity contribution in [3.63, 3.8) is 0 Å². The predicted molar refractivity (Wildman–Crippen MR) is 138 cm³/mol. The SMILES string of the molecule is Cc1ccc(NC(=O)CSC2=C(C#N)[C@H](c3ccc(OCc4ccccc4)cc3)CC(=O)N2)cc1. The van der Waals surface area contributed by atoms with Crippen molar-refractivity contribution in [3.05, 3.63) is 106 Å². The summed E-state index contributed by atoms with van der Waals surface area (Å²) in [5, 5.41) is 15.9. The highest BCUT2D eigenvalue weighted by Gasteiger charge is 2.30. The number of allylic oxidation sites excluding steroid dienone is 1.